The topological polar surface area (TPSA) is 47.2 Å². The van der Waals surface area contributed by atoms with Crippen LogP contribution in [0.3, 0.4) is 0 Å². The predicted molar refractivity (Wildman–Crippen MR) is 109 cm³/mol. The molecule has 0 saturated heterocycles. The number of hydrogen-bond donors (Lipinski definition) is 0. The van der Waals surface area contributed by atoms with Crippen molar-refractivity contribution >= 4 is 33.8 Å². The van der Waals surface area contributed by atoms with E-state index in [-0.39, 0.29) is 5.56 Å². The minimum absolute atomic E-state index is 0.167. The second-order valence-electron chi connectivity index (χ2n) is 5.62. The van der Waals surface area contributed by atoms with Crippen LogP contribution in [0.15, 0.2) is 88.3 Å². The van der Waals surface area contributed by atoms with E-state index in [0.717, 1.165) is 21.5 Å². The molecule has 26 heavy (non-hydrogen) atoms. The maximum atomic E-state index is 12.8. The van der Waals surface area contributed by atoms with Crippen LogP contribution in [-0.4, -0.2) is 15.9 Å². The smallest absolute Gasteiger partial charge is 0.267 e. The van der Waals surface area contributed by atoms with Gasteiger partial charge >= 0.3 is 0 Å². The Balaban J connectivity index is 1.69. The summed E-state index contributed by atoms with van der Waals surface area (Å²) in [4.78, 5) is 17.9. The Labute approximate surface area is 154 Å². The van der Waals surface area contributed by atoms with E-state index in [1.54, 1.807) is 12.3 Å². The molecule has 0 aliphatic rings. The van der Waals surface area contributed by atoms with Crippen molar-refractivity contribution in [3.63, 3.8) is 0 Å². The highest BCUT2D eigenvalue weighted by Crippen LogP contribution is 2.30. The molecule has 0 N–H and O–H groups in total. The Morgan fingerprint density at radius 2 is 1.73 bits per heavy atom. The fourth-order valence-corrected chi connectivity index (χ4v) is 3.57. The lowest BCUT2D eigenvalue weighted by molar-refractivity contribution is 0.819. The molecule has 0 saturated carbocycles. The van der Waals surface area contributed by atoms with E-state index in [1.165, 1.54) is 22.3 Å². The van der Waals surface area contributed by atoms with Crippen molar-refractivity contribution in [3.05, 3.63) is 94.4 Å². The molecule has 2 aromatic heterocycles. The van der Waals surface area contributed by atoms with Crippen LogP contribution in [0.25, 0.3) is 27.4 Å². The molecule has 126 valence electrons. The van der Waals surface area contributed by atoms with Crippen molar-refractivity contribution in [3.8, 4) is 11.1 Å². The van der Waals surface area contributed by atoms with Crippen molar-refractivity contribution in [2.24, 2.45) is 5.10 Å². The molecule has 5 heteroatoms. The van der Waals surface area contributed by atoms with Gasteiger partial charge in [0.1, 0.15) is 11.2 Å². The third kappa shape index (κ3) is 3.25. The van der Waals surface area contributed by atoms with Crippen LogP contribution in [0.4, 0.5) is 0 Å². The van der Waals surface area contributed by atoms with Gasteiger partial charge in [0, 0.05) is 17.2 Å². The number of rotatable bonds is 4. The largest absolute Gasteiger partial charge is 0.283 e. The summed E-state index contributed by atoms with van der Waals surface area (Å²) in [6.07, 6.45) is 6.79. The third-order valence-corrected chi connectivity index (χ3v) is 4.81. The lowest BCUT2D eigenvalue weighted by Gasteiger charge is -2.00. The van der Waals surface area contributed by atoms with Crippen molar-refractivity contribution in [2.45, 2.75) is 0 Å². The molecule has 4 aromatic rings. The molecule has 0 radical (unpaired) electrons. The van der Waals surface area contributed by atoms with Crippen molar-refractivity contribution < 1.29 is 0 Å². The highest BCUT2D eigenvalue weighted by Gasteiger charge is 2.12. The Bertz CT molecular complexity index is 1140. The lowest BCUT2D eigenvalue weighted by Crippen LogP contribution is -2.16. The van der Waals surface area contributed by atoms with Crippen LogP contribution in [0.5, 0.6) is 0 Å². The molecule has 0 fully saturated rings. The van der Waals surface area contributed by atoms with Gasteiger partial charge in [0.2, 0.25) is 0 Å². The summed E-state index contributed by atoms with van der Waals surface area (Å²) in [6.45, 7) is 0. The number of allylic oxidation sites excluding steroid dienone is 1. The van der Waals surface area contributed by atoms with E-state index in [9.17, 15) is 4.79 Å². The molecule has 4 nitrogen and oxygen atoms in total. The van der Waals surface area contributed by atoms with Crippen molar-refractivity contribution in [1.29, 1.82) is 0 Å². The van der Waals surface area contributed by atoms with E-state index >= 15 is 0 Å². The second kappa shape index (κ2) is 7.29. The second-order valence-corrected chi connectivity index (χ2v) is 6.48. The average Bonchev–Trinajstić information content (AvgIpc) is 3.13. The molecule has 4 rings (SSSR count). The summed E-state index contributed by atoms with van der Waals surface area (Å²) in [5.74, 6) is 0. The third-order valence-electron chi connectivity index (χ3n) is 3.93. The molecule has 0 spiro atoms. The van der Waals surface area contributed by atoms with Gasteiger partial charge in [-0.3, -0.25) is 4.79 Å². The molecule has 0 aliphatic heterocycles. The number of thiophene rings is 1. The molecule has 0 atom stereocenters. The molecule has 2 aromatic carbocycles. The summed E-state index contributed by atoms with van der Waals surface area (Å²) in [7, 11) is 0. The van der Waals surface area contributed by atoms with Gasteiger partial charge in [0.25, 0.3) is 5.56 Å². The van der Waals surface area contributed by atoms with Crippen LogP contribution in [-0.2, 0) is 0 Å². The molecular weight excluding hydrogens is 342 g/mol. The van der Waals surface area contributed by atoms with Gasteiger partial charge in [0.05, 0.1) is 5.39 Å². The fourth-order valence-electron chi connectivity index (χ4n) is 2.66. The number of hydrogen-bond acceptors (Lipinski definition) is 4. The van der Waals surface area contributed by atoms with Crippen molar-refractivity contribution in [1.82, 2.24) is 9.66 Å². The van der Waals surface area contributed by atoms with Gasteiger partial charge in [-0.25, -0.2) is 4.98 Å². The predicted octanol–water partition coefficient (Wildman–Crippen LogP) is 4.67. The van der Waals surface area contributed by atoms with E-state index in [0.29, 0.717) is 5.39 Å². The van der Waals surface area contributed by atoms with E-state index in [1.807, 2.05) is 72.1 Å². The summed E-state index contributed by atoms with van der Waals surface area (Å²) < 4.78 is 1.27. The average molecular weight is 357 g/mol. The van der Waals surface area contributed by atoms with Crippen LogP contribution >= 0.6 is 11.3 Å². The minimum atomic E-state index is -0.167. The molecular formula is C21H15N3OS. The Kier molecular flexibility index (Phi) is 4.53. The van der Waals surface area contributed by atoms with Crippen LogP contribution < -0.4 is 5.56 Å². The first-order valence-corrected chi connectivity index (χ1v) is 9.01. The summed E-state index contributed by atoms with van der Waals surface area (Å²) >= 11 is 1.47. The summed E-state index contributed by atoms with van der Waals surface area (Å²) in [6, 6.07) is 19.8. The maximum Gasteiger partial charge on any atom is 0.283 e. The lowest BCUT2D eigenvalue weighted by atomic mass is 10.1. The Morgan fingerprint density at radius 1 is 1.00 bits per heavy atom. The highest BCUT2D eigenvalue weighted by molar-refractivity contribution is 7.17. The SMILES string of the molecule is O=c1c2c(-c3ccccc3)csc2ncn1/N=C/C=C/c1ccccc1. The van der Waals surface area contributed by atoms with Gasteiger partial charge in [0.15, 0.2) is 0 Å². The molecule has 2 heterocycles. The zero-order valence-corrected chi connectivity index (χ0v) is 14.6. The van der Waals surface area contributed by atoms with Crippen LogP contribution in [0.2, 0.25) is 0 Å². The zero-order chi connectivity index (χ0) is 17.8. The van der Waals surface area contributed by atoms with Gasteiger partial charge in [-0.1, -0.05) is 66.7 Å². The number of nitrogens with zero attached hydrogens (tertiary/aromatic N) is 3. The Hall–Kier alpha value is -3.31. The Morgan fingerprint density at radius 3 is 2.50 bits per heavy atom. The standard InChI is InChI=1S/C21H15N3OS/c25-21-19-18(17-11-5-2-6-12-17)14-26-20(19)22-15-24(21)23-13-7-10-16-8-3-1-4-9-16/h1-15H/b10-7+,23-13+. The zero-order valence-electron chi connectivity index (χ0n) is 13.8. The van der Waals surface area contributed by atoms with Gasteiger partial charge in [-0.2, -0.15) is 9.78 Å². The number of benzene rings is 2. The normalized spacial score (nSPS) is 11.7. The molecule has 0 amide bonds. The van der Waals surface area contributed by atoms with Gasteiger partial charge in [-0.05, 0) is 17.2 Å². The maximum absolute atomic E-state index is 12.8. The van der Waals surface area contributed by atoms with Gasteiger partial charge in [-0.15, -0.1) is 11.3 Å². The van der Waals surface area contributed by atoms with Crippen LogP contribution in [0.1, 0.15) is 5.56 Å². The van der Waals surface area contributed by atoms with Crippen molar-refractivity contribution in [2.75, 3.05) is 0 Å². The molecule has 0 bridgehead atoms. The highest BCUT2D eigenvalue weighted by atomic mass is 32.1. The first-order valence-electron chi connectivity index (χ1n) is 8.13. The first kappa shape index (κ1) is 16.2. The van der Waals surface area contributed by atoms with E-state index in [4.69, 9.17) is 0 Å². The first-order chi connectivity index (χ1) is 12.8. The van der Waals surface area contributed by atoms with E-state index in [2.05, 4.69) is 10.1 Å². The molecule has 0 unspecified atom stereocenters. The van der Waals surface area contributed by atoms with Crippen LogP contribution in [0, 0.1) is 0 Å². The van der Waals surface area contributed by atoms with Gasteiger partial charge < -0.3 is 0 Å². The monoisotopic (exact) mass is 357 g/mol. The quantitative estimate of drug-likeness (QED) is 0.498. The molecule has 0 aliphatic carbocycles. The number of aromatic nitrogens is 2. The number of fused-ring (bicyclic) bond motifs is 1. The minimum Gasteiger partial charge on any atom is -0.267 e. The van der Waals surface area contributed by atoms with E-state index < -0.39 is 0 Å². The summed E-state index contributed by atoms with van der Waals surface area (Å²) in [5.41, 5.74) is 2.80. The summed E-state index contributed by atoms with van der Waals surface area (Å²) in [5, 5.41) is 6.79. The fraction of sp³-hybridized carbons (Fsp3) is 0.